The van der Waals surface area contributed by atoms with Crippen LogP contribution in [0.15, 0.2) is 24.3 Å². The van der Waals surface area contributed by atoms with Crippen LogP contribution in [0.2, 0.25) is 0 Å². The number of carbonyl (C=O) groups excluding carboxylic acids is 3. The summed E-state index contributed by atoms with van der Waals surface area (Å²) in [6.07, 6.45) is 0. The van der Waals surface area contributed by atoms with E-state index in [9.17, 15) is 14.4 Å². The first-order chi connectivity index (χ1) is 7.54. The molecule has 0 spiro atoms. The third kappa shape index (κ3) is 1.34. The molecule has 4 nitrogen and oxygen atoms in total. The van der Waals surface area contributed by atoms with Gasteiger partial charge in [0.2, 0.25) is 5.91 Å². The van der Waals surface area contributed by atoms with Crippen LogP contribution in [0, 0.1) is 0 Å². The number of ketones is 1. The number of imide groups is 1. The Labute approximate surface area is 92.9 Å². The van der Waals surface area contributed by atoms with Crippen LogP contribution < -0.4 is 0 Å². The van der Waals surface area contributed by atoms with Gasteiger partial charge in [-0.3, -0.25) is 19.3 Å². The molecule has 82 valence electrons. The van der Waals surface area contributed by atoms with Crippen LogP contribution in [0.3, 0.4) is 0 Å². The number of hydrogen-bond acceptors (Lipinski definition) is 3. The van der Waals surface area contributed by atoms with Gasteiger partial charge in [0.15, 0.2) is 0 Å². The predicted octanol–water partition coefficient (Wildman–Crippen LogP) is 0.971. The second-order valence-electron chi connectivity index (χ2n) is 3.83. The van der Waals surface area contributed by atoms with Crippen molar-refractivity contribution >= 4 is 17.6 Å². The fourth-order valence-electron chi connectivity index (χ4n) is 1.94. The molecular weight excluding hydrogens is 206 g/mol. The van der Waals surface area contributed by atoms with Crippen LogP contribution in [0.1, 0.15) is 28.8 Å². The lowest BCUT2D eigenvalue weighted by molar-refractivity contribution is -0.134. The molecule has 1 heterocycles. The maximum Gasteiger partial charge on any atom is 0.260 e. The fraction of sp³-hybridized carbons (Fsp3) is 0.250. The number of nitrogens with zero attached hydrogens (tertiary/aromatic N) is 1. The van der Waals surface area contributed by atoms with E-state index in [1.165, 1.54) is 14.0 Å². The van der Waals surface area contributed by atoms with E-state index in [-0.39, 0.29) is 11.7 Å². The van der Waals surface area contributed by atoms with Gasteiger partial charge in [0.1, 0.15) is 11.7 Å². The first-order valence-electron chi connectivity index (χ1n) is 4.95. The lowest BCUT2D eigenvalue weighted by atomic mass is 9.86. The maximum absolute atomic E-state index is 11.8. The van der Waals surface area contributed by atoms with Crippen molar-refractivity contribution in [2.75, 3.05) is 7.05 Å². The summed E-state index contributed by atoms with van der Waals surface area (Å²) in [6.45, 7) is 1.36. The molecule has 0 bridgehead atoms. The minimum absolute atomic E-state index is 0.239. The third-order valence-electron chi connectivity index (χ3n) is 2.79. The monoisotopic (exact) mass is 217 g/mol. The van der Waals surface area contributed by atoms with Crippen molar-refractivity contribution in [1.82, 2.24) is 4.90 Å². The molecule has 2 amide bonds. The highest BCUT2D eigenvalue weighted by atomic mass is 16.2. The number of rotatable bonds is 1. The van der Waals surface area contributed by atoms with Crippen LogP contribution >= 0.6 is 0 Å². The largest absolute Gasteiger partial charge is 0.299 e. The molecule has 1 aliphatic heterocycles. The van der Waals surface area contributed by atoms with Crippen molar-refractivity contribution in [2.24, 2.45) is 0 Å². The van der Waals surface area contributed by atoms with E-state index in [4.69, 9.17) is 0 Å². The van der Waals surface area contributed by atoms with Gasteiger partial charge in [-0.25, -0.2) is 0 Å². The SMILES string of the molecule is CC(=O)[C@@H]1C(=O)N(C)C(=O)c2ccccc21. The zero-order valence-electron chi connectivity index (χ0n) is 9.06. The van der Waals surface area contributed by atoms with Crippen LogP contribution in [0.25, 0.3) is 0 Å². The summed E-state index contributed by atoms with van der Waals surface area (Å²) in [4.78, 5) is 36.1. The van der Waals surface area contributed by atoms with E-state index in [1.54, 1.807) is 24.3 Å². The van der Waals surface area contributed by atoms with Crippen LogP contribution in [-0.4, -0.2) is 29.5 Å². The van der Waals surface area contributed by atoms with Gasteiger partial charge in [-0.2, -0.15) is 0 Å². The van der Waals surface area contributed by atoms with E-state index < -0.39 is 11.8 Å². The number of amides is 2. The molecular formula is C12H11NO3. The molecule has 4 heteroatoms. The standard InChI is InChI=1S/C12H11NO3/c1-7(14)10-8-5-3-4-6-9(8)11(15)13(2)12(10)16/h3-6,10H,1-2H3/t10-/m0/s1. The fourth-order valence-corrected chi connectivity index (χ4v) is 1.94. The number of benzene rings is 1. The molecule has 2 rings (SSSR count). The summed E-state index contributed by atoms with van der Waals surface area (Å²) in [5.41, 5.74) is 0.952. The van der Waals surface area contributed by atoms with Crippen molar-refractivity contribution in [1.29, 1.82) is 0 Å². The molecule has 0 aromatic heterocycles. The number of likely N-dealkylation sites (N-methyl/N-ethyl adjacent to an activating group) is 1. The Bertz CT molecular complexity index is 493. The average molecular weight is 217 g/mol. The minimum atomic E-state index is -0.834. The topological polar surface area (TPSA) is 54.5 Å². The number of Topliss-reactive ketones (excluding diaryl/α,β-unsaturated/α-hetero) is 1. The highest BCUT2D eigenvalue weighted by Crippen LogP contribution is 2.28. The quantitative estimate of drug-likeness (QED) is 0.520. The minimum Gasteiger partial charge on any atom is -0.299 e. The second kappa shape index (κ2) is 3.56. The van der Waals surface area contributed by atoms with Gasteiger partial charge in [-0.05, 0) is 18.6 Å². The van der Waals surface area contributed by atoms with Crippen LogP contribution in [0.4, 0.5) is 0 Å². The van der Waals surface area contributed by atoms with Crippen LogP contribution in [-0.2, 0) is 9.59 Å². The van der Waals surface area contributed by atoms with Gasteiger partial charge in [0.05, 0.1) is 0 Å². The van der Waals surface area contributed by atoms with Gasteiger partial charge in [-0.1, -0.05) is 18.2 Å². The average Bonchev–Trinajstić information content (AvgIpc) is 2.26. The molecule has 0 saturated heterocycles. The zero-order chi connectivity index (χ0) is 11.9. The summed E-state index contributed by atoms with van der Waals surface area (Å²) < 4.78 is 0. The second-order valence-corrected chi connectivity index (χ2v) is 3.83. The Morgan fingerprint density at radius 1 is 1.25 bits per heavy atom. The summed E-state index contributed by atoms with van der Waals surface area (Å²) in [5.74, 6) is -1.87. The molecule has 1 atom stereocenters. The Kier molecular flexibility index (Phi) is 2.34. The van der Waals surface area contributed by atoms with Gasteiger partial charge >= 0.3 is 0 Å². The first-order valence-corrected chi connectivity index (χ1v) is 4.95. The number of carbonyl (C=O) groups is 3. The molecule has 1 aliphatic rings. The van der Waals surface area contributed by atoms with E-state index in [2.05, 4.69) is 0 Å². The van der Waals surface area contributed by atoms with Crippen molar-refractivity contribution in [3.05, 3.63) is 35.4 Å². The molecule has 0 aliphatic carbocycles. The van der Waals surface area contributed by atoms with Gasteiger partial charge in [-0.15, -0.1) is 0 Å². The van der Waals surface area contributed by atoms with E-state index in [0.29, 0.717) is 11.1 Å². The maximum atomic E-state index is 11.8. The Balaban J connectivity index is 2.66. The molecule has 0 N–H and O–H groups in total. The molecule has 16 heavy (non-hydrogen) atoms. The van der Waals surface area contributed by atoms with Gasteiger partial charge in [0, 0.05) is 12.6 Å². The van der Waals surface area contributed by atoms with Crippen molar-refractivity contribution < 1.29 is 14.4 Å². The molecule has 0 unspecified atom stereocenters. The molecule has 0 radical (unpaired) electrons. The summed E-state index contributed by atoms with van der Waals surface area (Å²) in [5, 5.41) is 0. The highest BCUT2D eigenvalue weighted by molar-refractivity contribution is 6.18. The van der Waals surface area contributed by atoms with E-state index in [0.717, 1.165) is 4.90 Å². The molecule has 1 aromatic carbocycles. The summed E-state index contributed by atoms with van der Waals surface area (Å²) in [7, 11) is 1.40. The Hall–Kier alpha value is -1.97. The molecule has 0 saturated carbocycles. The third-order valence-corrected chi connectivity index (χ3v) is 2.79. The first kappa shape index (κ1) is 10.5. The van der Waals surface area contributed by atoms with E-state index >= 15 is 0 Å². The van der Waals surface area contributed by atoms with Crippen molar-refractivity contribution in [3.63, 3.8) is 0 Å². The van der Waals surface area contributed by atoms with Crippen LogP contribution in [0.5, 0.6) is 0 Å². The molecule has 0 fully saturated rings. The normalized spacial score (nSPS) is 19.6. The van der Waals surface area contributed by atoms with Gasteiger partial charge < -0.3 is 0 Å². The Morgan fingerprint density at radius 2 is 1.88 bits per heavy atom. The Morgan fingerprint density at radius 3 is 2.50 bits per heavy atom. The van der Waals surface area contributed by atoms with Crippen molar-refractivity contribution in [2.45, 2.75) is 12.8 Å². The summed E-state index contributed by atoms with van der Waals surface area (Å²) >= 11 is 0. The predicted molar refractivity (Wildman–Crippen MR) is 57.0 cm³/mol. The number of hydrogen-bond donors (Lipinski definition) is 0. The van der Waals surface area contributed by atoms with Gasteiger partial charge in [0.25, 0.3) is 5.91 Å². The number of fused-ring (bicyclic) bond motifs is 1. The lowest BCUT2D eigenvalue weighted by Crippen LogP contribution is -2.44. The summed E-state index contributed by atoms with van der Waals surface area (Å²) in [6, 6.07) is 6.74. The van der Waals surface area contributed by atoms with Crippen molar-refractivity contribution in [3.8, 4) is 0 Å². The van der Waals surface area contributed by atoms with E-state index in [1.807, 2.05) is 0 Å². The smallest absolute Gasteiger partial charge is 0.260 e. The highest BCUT2D eigenvalue weighted by Gasteiger charge is 2.38. The zero-order valence-corrected chi connectivity index (χ0v) is 9.06. The lowest BCUT2D eigenvalue weighted by Gasteiger charge is -2.28. The molecule has 1 aromatic rings.